The summed E-state index contributed by atoms with van der Waals surface area (Å²) >= 11 is 0. The molecule has 0 saturated carbocycles. The number of nitrogens with zero attached hydrogens (tertiary/aromatic N) is 1. The van der Waals surface area contributed by atoms with Gasteiger partial charge in [0.2, 0.25) is 0 Å². The first-order valence-electron chi connectivity index (χ1n) is 7.91. The molecule has 2 N–H and O–H groups in total. The highest BCUT2D eigenvalue weighted by Gasteiger charge is 2.22. The van der Waals surface area contributed by atoms with Crippen LogP contribution in [-0.4, -0.2) is 43.0 Å². The van der Waals surface area contributed by atoms with Crippen molar-refractivity contribution in [1.29, 1.82) is 0 Å². The van der Waals surface area contributed by atoms with Crippen LogP contribution in [0, 0.1) is 0 Å². The summed E-state index contributed by atoms with van der Waals surface area (Å²) in [4.78, 5) is 26.8. The average Bonchev–Trinajstić information content (AvgIpc) is 2.77. The lowest BCUT2D eigenvalue weighted by Crippen LogP contribution is -2.40. The van der Waals surface area contributed by atoms with E-state index in [2.05, 4.69) is 10.6 Å². The molecule has 2 aromatic carbocycles. The van der Waals surface area contributed by atoms with Crippen LogP contribution in [0.1, 0.15) is 20.7 Å². The number of rotatable bonds is 1. The van der Waals surface area contributed by atoms with E-state index >= 15 is 0 Å². The van der Waals surface area contributed by atoms with Crippen LogP contribution in [0.2, 0.25) is 0 Å². The van der Waals surface area contributed by atoms with Gasteiger partial charge in [-0.25, -0.2) is 0 Å². The lowest BCUT2D eigenvalue weighted by molar-refractivity contribution is 0.0303. The Bertz CT molecular complexity index is 813. The number of amides is 2. The highest BCUT2D eigenvalue weighted by Crippen LogP contribution is 2.32. The Morgan fingerprint density at radius 2 is 1.75 bits per heavy atom. The lowest BCUT2D eigenvalue weighted by atomic mass is 10.1. The largest absolute Gasteiger partial charge is 0.378 e. The number of hydrogen-bond acceptors (Lipinski definition) is 4. The summed E-state index contributed by atoms with van der Waals surface area (Å²) in [5, 5.41) is 6.13. The van der Waals surface area contributed by atoms with Gasteiger partial charge in [-0.2, -0.15) is 0 Å². The fourth-order valence-corrected chi connectivity index (χ4v) is 2.96. The minimum Gasteiger partial charge on any atom is -0.378 e. The van der Waals surface area contributed by atoms with E-state index < -0.39 is 0 Å². The Labute approximate surface area is 139 Å². The van der Waals surface area contributed by atoms with Crippen molar-refractivity contribution in [2.75, 3.05) is 36.9 Å². The van der Waals surface area contributed by atoms with Crippen molar-refractivity contribution in [3.8, 4) is 0 Å². The summed E-state index contributed by atoms with van der Waals surface area (Å²) < 4.78 is 5.28. The lowest BCUT2D eigenvalue weighted by Gasteiger charge is -2.27. The molecule has 2 heterocycles. The van der Waals surface area contributed by atoms with Crippen LogP contribution in [0.25, 0.3) is 0 Å². The summed E-state index contributed by atoms with van der Waals surface area (Å²) in [5.74, 6) is -0.232. The second-order valence-electron chi connectivity index (χ2n) is 5.79. The average molecular weight is 323 g/mol. The monoisotopic (exact) mass is 323 g/mol. The number of nitrogens with one attached hydrogen (secondary N) is 2. The van der Waals surface area contributed by atoms with Gasteiger partial charge in [0.15, 0.2) is 0 Å². The molecule has 4 rings (SSSR count). The maximum absolute atomic E-state index is 12.6. The van der Waals surface area contributed by atoms with Crippen LogP contribution in [0.3, 0.4) is 0 Å². The molecular weight excluding hydrogens is 306 g/mol. The Hall–Kier alpha value is -2.86. The molecule has 0 spiro atoms. The first-order valence-corrected chi connectivity index (χ1v) is 7.91. The molecule has 0 bridgehead atoms. The number of anilines is 3. The Balaban J connectivity index is 1.65. The van der Waals surface area contributed by atoms with Crippen molar-refractivity contribution in [3.05, 3.63) is 53.6 Å². The number of carbonyl (C=O) groups excluding carboxylic acids is 2. The molecule has 2 amide bonds. The van der Waals surface area contributed by atoms with E-state index in [-0.39, 0.29) is 11.8 Å². The van der Waals surface area contributed by atoms with Crippen molar-refractivity contribution < 1.29 is 14.3 Å². The van der Waals surface area contributed by atoms with Crippen molar-refractivity contribution in [2.24, 2.45) is 0 Å². The maximum atomic E-state index is 12.6. The highest BCUT2D eigenvalue weighted by atomic mass is 16.5. The number of para-hydroxylation sites is 1. The summed E-state index contributed by atoms with van der Waals surface area (Å²) in [7, 11) is 0. The van der Waals surface area contributed by atoms with Gasteiger partial charge in [-0.1, -0.05) is 12.1 Å². The number of carbonyl (C=O) groups is 2. The topological polar surface area (TPSA) is 70.7 Å². The molecular formula is C18H17N3O3. The maximum Gasteiger partial charge on any atom is 0.257 e. The molecule has 0 atom stereocenters. The van der Waals surface area contributed by atoms with Crippen LogP contribution < -0.4 is 10.6 Å². The number of hydrogen-bond donors (Lipinski definition) is 2. The molecule has 0 radical (unpaired) electrons. The summed E-state index contributed by atoms with van der Waals surface area (Å²) in [6.45, 7) is 2.30. The van der Waals surface area contributed by atoms with Gasteiger partial charge >= 0.3 is 0 Å². The first kappa shape index (κ1) is 14.7. The van der Waals surface area contributed by atoms with E-state index in [0.29, 0.717) is 43.1 Å². The van der Waals surface area contributed by atoms with Crippen LogP contribution in [0.15, 0.2) is 42.5 Å². The molecule has 6 nitrogen and oxygen atoms in total. The Morgan fingerprint density at radius 3 is 2.58 bits per heavy atom. The van der Waals surface area contributed by atoms with E-state index in [9.17, 15) is 9.59 Å². The molecule has 1 saturated heterocycles. The smallest absolute Gasteiger partial charge is 0.257 e. The number of morpholine rings is 1. The van der Waals surface area contributed by atoms with Crippen molar-refractivity contribution >= 4 is 28.9 Å². The molecule has 2 aliphatic rings. The zero-order valence-electron chi connectivity index (χ0n) is 13.0. The third-order valence-corrected chi connectivity index (χ3v) is 4.25. The molecule has 0 unspecified atom stereocenters. The van der Waals surface area contributed by atoms with Crippen LogP contribution in [0.5, 0.6) is 0 Å². The quantitative estimate of drug-likeness (QED) is 0.846. The van der Waals surface area contributed by atoms with Gasteiger partial charge in [-0.05, 0) is 30.3 Å². The van der Waals surface area contributed by atoms with Gasteiger partial charge in [0.05, 0.1) is 35.8 Å². The minimum absolute atomic E-state index is 0.0443. The van der Waals surface area contributed by atoms with Gasteiger partial charge in [-0.3, -0.25) is 9.59 Å². The predicted octanol–water partition coefficient (Wildman–Crippen LogP) is 2.47. The molecule has 24 heavy (non-hydrogen) atoms. The summed E-state index contributed by atoms with van der Waals surface area (Å²) in [6, 6.07) is 12.7. The summed E-state index contributed by atoms with van der Waals surface area (Å²) in [5.41, 5.74) is 3.27. The first-order chi connectivity index (χ1) is 11.7. The number of fused-ring (bicyclic) bond motifs is 2. The molecule has 0 aliphatic carbocycles. The normalized spacial score (nSPS) is 16.3. The van der Waals surface area contributed by atoms with Crippen molar-refractivity contribution in [2.45, 2.75) is 0 Å². The highest BCUT2D eigenvalue weighted by molar-refractivity contribution is 6.12. The molecule has 2 aliphatic heterocycles. The molecule has 0 aromatic heterocycles. The SMILES string of the molecule is O=C1Nc2cc(C(=O)N3CCOCC3)ccc2Nc2ccccc21. The number of ether oxygens (including phenoxy) is 1. The fraction of sp³-hybridized carbons (Fsp3) is 0.222. The van der Waals surface area contributed by atoms with Gasteiger partial charge < -0.3 is 20.3 Å². The second-order valence-corrected chi connectivity index (χ2v) is 5.79. The summed E-state index contributed by atoms with van der Waals surface area (Å²) in [6.07, 6.45) is 0. The molecule has 122 valence electrons. The van der Waals surface area contributed by atoms with E-state index in [1.165, 1.54) is 0 Å². The van der Waals surface area contributed by atoms with Crippen molar-refractivity contribution in [3.63, 3.8) is 0 Å². The second kappa shape index (κ2) is 5.98. The van der Waals surface area contributed by atoms with Crippen LogP contribution in [0.4, 0.5) is 17.1 Å². The van der Waals surface area contributed by atoms with E-state index in [1.807, 2.05) is 24.3 Å². The van der Waals surface area contributed by atoms with Gasteiger partial charge in [0.1, 0.15) is 0 Å². The zero-order valence-corrected chi connectivity index (χ0v) is 13.0. The molecule has 2 aromatic rings. The molecule has 1 fully saturated rings. The predicted molar refractivity (Wildman–Crippen MR) is 90.8 cm³/mol. The minimum atomic E-state index is -0.187. The van der Waals surface area contributed by atoms with E-state index in [4.69, 9.17) is 4.74 Å². The molecule has 6 heteroatoms. The fourth-order valence-electron chi connectivity index (χ4n) is 2.96. The third-order valence-electron chi connectivity index (χ3n) is 4.25. The number of benzene rings is 2. The van der Waals surface area contributed by atoms with Crippen molar-refractivity contribution in [1.82, 2.24) is 4.90 Å². The van der Waals surface area contributed by atoms with Gasteiger partial charge in [0.25, 0.3) is 11.8 Å². The standard InChI is InChI=1S/C18H17N3O3/c22-17-13-3-1-2-4-14(13)19-15-6-5-12(11-16(15)20-17)18(23)21-7-9-24-10-8-21/h1-6,11,19H,7-10H2,(H,20,22). The van der Waals surface area contributed by atoms with Gasteiger partial charge in [-0.15, -0.1) is 0 Å². The van der Waals surface area contributed by atoms with Crippen LogP contribution >= 0.6 is 0 Å². The Morgan fingerprint density at radius 1 is 0.958 bits per heavy atom. The Kier molecular flexibility index (Phi) is 3.66. The van der Waals surface area contributed by atoms with E-state index in [1.54, 1.807) is 23.1 Å². The third kappa shape index (κ3) is 2.61. The van der Waals surface area contributed by atoms with E-state index in [0.717, 1.165) is 11.4 Å². The zero-order chi connectivity index (χ0) is 16.5. The van der Waals surface area contributed by atoms with Gasteiger partial charge in [0, 0.05) is 18.7 Å². The van der Waals surface area contributed by atoms with Crippen LogP contribution in [-0.2, 0) is 4.74 Å².